The molecule has 0 saturated carbocycles. The number of halogens is 1. The first-order valence-electron chi connectivity index (χ1n) is 7.46. The summed E-state index contributed by atoms with van der Waals surface area (Å²) in [5, 5.41) is 14.6. The van der Waals surface area contributed by atoms with Gasteiger partial charge in [-0.3, -0.25) is 0 Å². The summed E-state index contributed by atoms with van der Waals surface area (Å²) in [6.45, 7) is 2.59. The predicted octanol–water partition coefficient (Wildman–Crippen LogP) is 4.57. The molecule has 5 nitrogen and oxygen atoms in total. The van der Waals surface area contributed by atoms with Crippen molar-refractivity contribution in [2.24, 2.45) is 0 Å². The lowest BCUT2D eigenvalue weighted by Crippen LogP contribution is -1.93. The molecule has 0 aliphatic rings. The van der Waals surface area contributed by atoms with Crippen LogP contribution in [0.4, 0.5) is 0 Å². The van der Waals surface area contributed by atoms with Crippen LogP contribution in [0, 0.1) is 0 Å². The van der Waals surface area contributed by atoms with Crippen molar-refractivity contribution < 1.29 is 4.74 Å². The van der Waals surface area contributed by atoms with Gasteiger partial charge in [-0.25, -0.2) is 0 Å². The van der Waals surface area contributed by atoms with Crippen LogP contribution in [0.25, 0.3) is 26.9 Å². The summed E-state index contributed by atoms with van der Waals surface area (Å²) >= 11 is 7.75. The maximum atomic E-state index is 6.27. The number of hydrogen-bond acceptors (Lipinski definition) is 5. The molecule has 0 fully saturated rings. The second kappa shape index (κ2) is 6.22. The first-order valence-corrected chi connectivity index (χ1v) is 8.66. The van der Waals surface area contributed by atoms with Crippen molar-refractivity contribution in [3.8, 4) is 27.7 Å². The molecular weight excluding hydrogens is 344 g/mol. The quantitative estimate of drug-likeness (QED) is 0.537. The van der Waals surface area contributed by atoms with E-state index in [0.717, 1.165) is 26.8 Å². The molecule has 2 aromatic heterocycles. The molecule has 0 saturated heterocycles. The number of fused-ring (bicyclic) bond motifs is 1. The van der Waals surface area contributed by atoms with Crippen LogP contribution < -0.4 is 4.74 Å². The van der Waals surface area contributed by atoms with Gasteiger partial charge in [0.05, 0.1) is 11.6 Å². The van der Waals surface area contributed by atoms with Crippen molar-refractivity contribution in [1.29, 1.82) is 0 Å². The standard InChI is InChI=1S/C17H13ClN4OS/c1-2-23-12-7-5-6-11(10-12)16-21-22-15(19-20-17(22)24-16)13-8-3-4-9-14(13)18/h3-10H,2H2,1H3. The molecule has 0 N–H and O–H groups in total. The average molecular weight is 357 g/mol. The van der Waals surface area contributed by atoms with Gasteiger partial charge in [0.1, 0.15) is 10.8 Å². The van der Waals surface area contributed by atoms with Gasteiger partial charge < -0.3 is 4.74 Å². The third-order valence-corrected chi connectivity index (χ3v) is 4.78. The molecular formula is C17H13ClN4OS. The van der Waals surface area contributed by atoms with Crippen molar-refractivity contribution in [3.63, 3.8) is 0 Å². The Morgan fingerprint density at radius 2 is 2.00 bits per heavy atom. The Balaban J connectivity index is 1.80. The van der Waals surface area contributed by atoms with E-state index < -0.39 is 0 Å². The molecule has 0 bridgehead atoms. The molecule has 0 radical (unpaired) electrons. The number of aromatic nitrogens is 4. The summed E-state index contributed by atoms with van der Waals surface area (Å²) in [4.78, 5) is 0.724. The summed E-state index contributed by atoms with van der Waals surface area (Å²) in [5.74, 6) is 1.46. The van der Waals surface area contributed by atoms with Crippen molar-refractivity contribution in [2.45, 2.75) is 6.92 Å². The van der Waals surface area contributed by atoms with E-state index >= 15 is 0 Å². The molecule has 4 aromatic rings. The lowest BCUT2D eigenvalue weighted by molar-refractivity contribution is 0.340. The van der Waals surface area contributed by atoms with Crippen LogP contribution in [0.5, 0.6) is 5.75 Å². The molecule has 7 heteroatoms. The minimum Gasteiger partial charge on any atom is -0.494 e. The van der Waals surface area contributed by atoms with Crippen LogP contribution in [0.1, 0.15) is 6.92 Å². The molecule has 0 aliphatic carbocycles. The van der Waals surface area contributed by atoms with Crippen LogP contribution in [0.3, 0.4) is 0 Å². The topological polar surface area (TPSA) is 52.3 Å². The Kier molecular flexibility index (Phi) is 3.92. The Hall–Kier alpha value is -2.44. The summed E-state index contributed by atoms with van der Waals surface area (Å²) in [6, 6.07) is 15.4. The van der Waals surface area contributed by atoms with Crippen LogP contribution in [-0.4, -0.2) is 26.4 Å². The second-order valence-electron chi connectivity index (χ2n) is 5.07. The average Bonchev–Trinajstić information content (AvgIpc) is 3.17. The highest BCUT2D eigenvalue weighted by molar-refractivity contribution is 7.19. The van der Waals surface area contributed by atoms with E-state index in [-0.39, 0.29) is 0 Å². The number of rotatable bonds is 4. The van der Waals surface area contributed by atoms with Crippen molar-refractivity contribution >= 4 is 27.9 Å². The minimum absolute atomic E-state index is 0.625. The van der Waals surface area contributed by atoms with E-state index in [1.807, 2.05) is 55.5 Å². The highest BCUT2D eigenvalue weighted by atomic mass is 35.5. The van der Waals surface area contributed by atoms with Gasteiger partial charge in [0.15, 0.2) is 5.82 Å². The zero-order chi connectivity index (χ0) is 16.5. The van der Waals surface area contributed by atoms with E-state index in [1.54, 1.807) is 4.52 Å². The van der Waals surface area contributed by atoms with Gasteiger partial charge in [0, 0.05) is 11.1 Å². The minimum atomic E-state index is 0.625. The third-order valence-electron chi connectivity index (χ3n) is 3.50. The van der Waals surface area contributed by atoms with E-state index in [9.17, 15) is 0 Å². The Morgan fingerprint density at radius 3 is 2.83 bits per heavy atom. The van der Waals surface area contributed by atoms with Crippen molar-refractivity contribution in [2.75, 3.05) is 6.61 Å². The first kappa shape index (κ1) is 15.1. The number of ether oxygens (including phenoxy) is 1. The Labute approximate surface area is 147 Å². The lowest BCUT2D eigenvalue weighted by Gasteiger charge is -2.03. The largest absolute Gasteiger partial charge is 0.494 e. The normalized spacial score (nSPS) is 11.1. The van der Waals surface area contributed by atoms with Gasteiger partial charge in [-0.1, -0.05) is 47.2 Å². The molecule has 0 aliphatic heterocycles. The number of benzene rings is 2. The summed E-state index contributed by atoms with van der Waals surface area (Å²) in [6.07, 6.45) is 0. The van der Waals surface area contributed by atoms with E-state index in [0.29, 0.717) is 17.5 Å². The van der Waals surface area contributed by atoms with Crippen LogP contribution in [0.2, 0.25) is 5.02 Å². The number of nitrogens with zero attached hydrogens (tertiary/aromatic N) is 4. The molecule has 0 spiro atoms. The van der Waals surface area contributed by atoms with E-state index in [2.05, 4.69) is 15.3 Å². The van der Waals surface area contributed by atoms with Gasteiger partial charge in [0.2, 0.25) is 4.96 Å². The zero-order valence-corrected chi connectivity index (χ0v) is 14.4. The highest BCUT2D eigenvalue weighted by Gasteiger charge is 2.16. The summed E-state index contributed by atoms with van der Waals surface area (Å²) in [5.41, 5.74) is 1.80. The van der Waals surface area contributed by atoms with Crippen molar-refractivity contribution in [3.05, 3.63) is 53.6 Å². The SMILES string of the molecule is CCOc1cccc(-c2nn3c(-c4ccccc4Cl)nnc3s2)c1. The lowest BCUT2D eigenvalue weighted by atomic mass is 10.2. The maximum Gasteiger partial charge on any atom is 0.235 e. The molecule has 0 atom stereocenters. The fraction of sp³-hybridized carbons (Fsp3) is 0.118. The smallest absolute Gasteiger partial charge is 0.235 e. The number of hydrogen-bond donors (Lipinski definition) is 0. The van der Waals surface area contributed by atoms with Crippen LogP contribution in [-0.2, 0) is 0 Å². The Morgan fingerprint density at radius 1 is 1.12 bits per heavy atom. The molecule has 0 unspecified atom stereocenters. The summed E-state index contributed by atoms with van der Waals surface area (Å²) in [7, 11) is 0. The molecule has 120 valence electrons. The third kappa shape index (κ3) is 2.64. The highest BCUT2D eigenvalue weighted by Crippen LogP contribution is 2.31. The molecule has 4 rings (SSSR count). The van der Waals surface area contributed by atoms with Crippen LogP contribution >= 0.6 is 22.9 Å². The van der Waals surface area contributed by atoms with Crippen molar-refractivity contribution in [1.82, 2.24) is 19.8 Å². The van der Waals surface area contributed by atoms with E-state index in [4.69, 9.17) is 16.3 Å². The van der Waals surface area contributed by atoms with Gasteiger partial charge in [-0.05, 0) is 31.2 Å². The van der Waals surface area contributed by atoms with Gasteiger partial charge >= 0.3 is 0 Å². The van der Waals surface area contributed by atoms with Gasteiger partial charge in [0.25, 0.3) is 0 Å². The molecule has 2 aromatic carbocycles. The van der Waals surface area contributed by atoms with Gasteiger partial charge in [-0.15, -0.1) is 10.2 Å². The molecule has 2 heterocycles. The maximum absolute atomic E-state index is 6.27. The van der Waals surface area contributed by atoms with Crippen LogP contribution in [0.15, 0.2) is 48.5 Å². The molecule has 24 heavy (non-hydrogen) atoms. The van der Waals surface area contributed by atoms with E-state index in [1.165, 1.54) is 11.3 Å². The monoisotopic (exact) mass is 356 g/mol. The van der Waals surface area contributed by atoms with Gasteiger partial charge in [-0.2, -0.15) is 9.61 Å². The second-order valence-corrected chi connectivity index (χ2v) is 6.43. The predicted molar refractivity (Wildman–Crippen MR) is 95.7 cm³/mol. The Bertz CT molecular complexity index is 1010. The zero-order valence-electron chi connectivity index (χ0n) is 12.8. The summed E-state index contributed by atoms with van der Waals surface area (Å²) < 4.78 is 7.29. The fourth-order valence-electron chi connectivity index (χ4n) is 2.43. The molecule has 0 amide bonds. The first-order chi connectivity index (χ1) is 11.8. The fourth-order valence-corrected chi connectivity index (χ4v) is 3.49.